The van der Waals surface area contributed by atoms with Gasteiger partial charge in [0, 0.05) is 49.8 Å². The molecule has 0 radical (unpaired) electrons. The molecule has 4 bridgehead atoms. The molecule has 6 unspecified atom stereocenters. The van der Waals surface area contributed by atoms with Crippen molar-refractivity contribution in [2.75, 3.05) is 9.80 Å². The maximum absolute atomic E-state index is 2.70. The van der Waals surface area contributed by atoms with Crippen molar-refractivity contribution in [3.8, 4) is 44.5 Å². The summed E-state index contributed by atoms with van der Waals surface area (Å²) < 4.78 is 0. The van der Waals surface area contributed by atoms with Crippen molar-refractivity contribution in [3.63, 3.8) is 0 Å². The van der Waals surface area contributed by atoms with Gasteiger partial charge in [-0.05, 0) is 274 Å². The van der Waals surface area contributed by atoms with Crippen LogP contribution < -0.4 is 9.80 Å². The lowest BCUT2D eigenvalue weighted by Gasteiger charge is -2.46. The van der Waals surface area contributed by atoms with Gasteiger partial charge < -0.3 is 9.80 Å². The van der Waals surface area contributed by atoms with Crippen LogP contribution in [0.3, 0.4) is 0 Å². The van der Waals surface area contributed by atoms with Gasteiger partial charge >= 0.3 is 0 Å². The normalized spacial score (nSPS) is 23.3. The third-order valence-electron chi connectivity index (χ3n) is 27.0. The third kappa shape index (κ3) is 8.30. The Morgan fingerprint density at radius 1 is 0.354 bits per heavy atom. The topological polar surface area (TPSA) is 6.48 Å². The first-order valence-corrected chi connectivity index (χ1v) is 37.4. The lowest BCUT2D eigenvalue weighted by atomic mass is 9.57. The van der Waals surface area contributed by atoms with Crippen LogP contribution in [-0.4, -0.2) is 0 Å². The minimum atomic E-state index is -0.198. The van der Waals surface area contributed by atoms with Crippen LogP contribution in [0, 0.1) is 17.8 Å². The summed E-state index contributed by atoms with van der Waals surface area (Å²) in [5, 5.41) is 5.26. The van der Waals surface area contributed by atoms with E-state index < -0.39 is 0 Å². The predicted octanol–water partition coefficient (Wildman–Crippen LogP) is 26.0. The largest absolute Gasteiger partial charge is 0.310 e. The Hall–Kier alpha value is -9.24. The Morgan fingerprint density at radius 3 is 1.47 bits per heavy atom. The van der Waals surface area contributed by atoms with E-state index in [1.54, 1.807) is 11.1 Å². The maximum atomic E-state index is 2.70. The number of hydrogen-bond acceptors (Lipinski definition) is 2. The molecule has 8 aliphatic rings. The molecule has 0 saturated heterocycles. The number of rotatable bonds is 7. The average molecular weight is 1280 g/mol. The van der Waals surface area contributed by atoms with E-state index in [2.05, 4.69) is 316 Å². The Balaban J connectivity index is 0.734. The number of hydrogen-bond donors (Lipinski definition) is 0. The lowest BCUT2D eigenvalue weighted by molar-refractivity contribution is 0.219. The molecule has 4 saturated carbocycles. The molecule has 2 heteroatoms. The Kier molecular flexibility index (Phi) is 12.4. The second-order valence-electron chi connectivity index (χ2n) is 35.0. The van der Waals surface area contributed by atoms with Crippen molar-refractivity contribution in [2.24, 2.45) is 17.8 Å². The van der Waals surface area contributed by atoms with Gasteiger partial charge in [0.25, 0.3) is 0 Å². The van der Waals surface area contributed by atoms with Crippen LogP contribution in [0.2, 0.25) is 0 Å². The van der Waals surface area contributed by atoms with E-state index in [1.165, 1.54) is 202 Å². The van der Waals surface area contributed by atoms with E-state index in [1.807, 2.05) is 0 Å². The maximum Gasteiger partial charge on any atom is 0.0540 e. The molecule has 2 spiro atoms. The number of benzene rings is 12. The second-order valence-corrected chi connectivity index (χ2v) is 35.0. The summed E-state index contributed by atoms with van der Waals surface area (Å²) in [6.07, 6.45) is 11.3. The Morgan fingerprint density at radius 2 is 0.879 bits per heavy atom. The molecule has 0 amide bonds. The number of anilines is 6. The molecule has 99 heavy (non-hydrogen) atoms. The standard InChI is InChI=1S/C97H90N2/c1-91(2,3)63-34-31-61-20-19-29-88(79(61)50-63)98(66-36-41-75-71-21-11-15-25-80(71)93(7,8)84(75)51-66)68-38-43-77-73-23-13-17-27-82(73)96(86(77)53-68)56-60-46-47-95(55-60,58-96)64-35-40-70-62(49-64)32-45-89(90(70)92(4,5)6)99(67-37-42-76-72-22-12-16-26-81(72)94(9,10)85(76)52-67)69-39-44-78-74-24-14-18-28-83(74)97(87(78)54-69)57-59-30-33-65(97)48-59/h11-29,31-32,34-45,49-54,59-60,65H,30,33,46-48,55-58H2,1-10H3. The van der Waals surface area contributed by atoms with Gasteiger partial charge in [0.2, 0.25) is 0 Å². The highest BCUT2D eigenvalue weighted by Gasteiger charge is 2.59. The summed E-state index contributed by atoms with van der Waals surface area (Å²) in [6.45, 7) is 24.1. The summed E-state index contributed by atoms with van der Waals surface area (Å²) in [4.78, 5) is 5.33. The van der Waals surface area contributed by atoms with Gasteiger partial charge in [0.15, 0.2) is 0 Å². The quantitative estimate of drug-likeness (QED) is 0.157. The van der Waals surface area contributed by atoms with Crippen LogP contribution in [0.25, 0.3) is 66.1 Å². The van der Waals surface area contributed by atoms with E-state index in [0.29, 0.717) is 11.8 Å². The summed E-state index contributed by atoms with van der Waals surface area (Å²) >= 11 is 0. The van der Waals surface area contributed by atoms with Gasteiger partial charge in [-0.1, -0.05) is 246 Å². The molecular weight excluding hydrogens is 1190 g/mol. The van der Waals surface area contributed by atoms with Crippen LogP contribution in [0.5, 0.6) is 0 Å². The molecule has 20 rings (SSSR count). The zero-order valence-corrected chi connectivity index (χ0v) is 59.5. The molecular formula is C97H90N2. The first-order valence-electron chi connectivity index (χ1n) is 37.4. The monoisotopic (exact) mass is 1280 g/mol. The highest BCUT2D eigenvalue weighted by atomic mass is 15.2. The van der Waals surface area contributed by atoms with Crippen molar-refractivity contribution in [1.82, 2.24) is 0 Å². The minimum absolute atomic E-state index is 0.000117. The molecule has 2 nitrogen and oxygen atoms in total. The molecule has 0 aromatic heterocycles. The van der Waals surface area contributed by atoms with E-state index in [0.717, 1.165) is 12.3 Å². The first kappa shape index (κ1) is 59.8. The van der Waals surface area contributed by atoms with Gasteiger partial charge in [-0.2, -0.15) is 0 Å². The molecule has 8 aliphatic carbocycles. The van der Waals surface area contributed by atoms with Crippen LogP contribution in [-0.2, 0) is 37.9 Å². The van der Waals surface area contributed by atoms with Gasteiger partial charge in [-0.25, -0.2) is 0 Å². The number of fused-ring (bicyclic) bond motifs is 23. The van der Waals surface area contributed by atoms with Crippen molar-refractivity contribution >= 4 is 55.7 Å². The highest BCUT2D eigenvalue weighted by molar-refractivity contribution is 6.02. The van der Waals surface area contributed by atoms with Gasteiger partial charge in [-0.15, -0.1) is 0 Å². The summed E-state index contributed by atoms with van der Waals surface area (Å²) in [5.74, 6) is 2.08. The molecule has 12 aromatic rings. The lowest BCUT2D eigenvalue weighted by Crippen LogP contribution is -2.41. The fourth-order valence-electron chi connectivity index (χ4n) is 22.6. The molecule has 488 valence electrons. The molecule has 0 aliphatic heterocycles. The zero-order chi connectivity index (χ0) is 67.1. The average Bonchev–Trinajstić information content (AvgIpc) is 1.55. The third-order valence-corrected chi connectivity index (χ3v) is 27.0. The summed E-state index contributed by atoms with van der Waals surface area (Å²) in [7, 11) is 0. The smallest absolute Gasteiger partial charge is 0.0540 e. The summed E-state index contributed by atoms with van der Waals surface area (Å²) in [6, 6.07) is 94.5. The second kappa shape index (κ2) is 20.5. The minimum Gasteiger partial charge on any atom is -0.310 e. The van der Waals surface area contributed by atoms with E-state index in [9.17, 15) is 0 Å². The van der Waals surface area contributed by atoms with Crippen molar-refractivity contribution < 1.29 is 0 Å². The van der Waals surface area contributed by atoms with Crippen LogP contribution in [0.1, 0.15) is 188 Å². The Labute approximate surface area is 586 Å². The van der Waals surface area contributed by atoms with Crippen molar-refractivity contribution in [3.05, 3.63) is 298 Å². The van der Waals surface area contributed by atoms with E-state index in [4.69, 9.17) is 0 Å². The SMILES string of the molecule is CC(C)(C)c1ccc2cccc(N(c3ccc4c(c3)C(C)(C)c3ccccc3-4)c3ccc4c(c3)C3(CC5CCC(c6ccc7c(C(C)(C)C)c(N(c8ccc9c(c8)C(C)(C)c8ccccc8-9)c8ccc9c(c8)C8(CC%10CCC8C%10)c8ccccc8-9)ccc7c6)(C5)C3)c3ccccc3-4)c2c1. The molecule has 4 fully saturated rings. The Bertz CT molecular complexity index is 5460. The summed E-state index contributed by atoms with van der Waals surface area (Å²) in [5.41, 5.74) is 34.0. The van der Waals surface area contributed by atoms with E-state index in [-0.39, 0.29) is 37.9 Å². The molecule has 0 N–H and O–H groups in total. The van der Waals surface area contributed by atoms with Crippen molar-refractivity contribution in [1.29, 1.82) is 0 Å². The van der Waals surface area contributed by atoms with Gasteiger partial charge in [0.1, 0.15) is 0 Å². The van der Waals surface area contributed by atoms with Crippen molar-refractivity contribution in [2.45, 2.75) is 165 Å². The van der Waals surface area contributed by atoms with Gasteiger partial charge in [0.05, 0.1) is 11.4 Å². The van der Waals surface area contributed by atoms with Gasteiger partial charge in [-0.3, -0.25) is 0 Å². The molecule has 12 aromatic carbocycles. The van der Waals surface area contributed by atoms with Crippen LogP contribution >= 0.6 is 0 Å². The number of nitrogens with zero attached hydrogens (tertiary/aromatic N) is 2. The predicted molar refractivity (Wildman–Crippen MR) is 416 cm³/mol. The van der Waals surface area contributed by atoms with Crippen LogP contribution in [0.15, 0.2) is 237 Å². The fraction of sp³-hybridized carbons (Fsp3) is 0.299. The molecule has 0 heterocycles. The zero-order valence-electron chi connectivity index (χ0n) is 59.5. The fourth-order valence-corrected chi connectivity index (χ4v) is 22.6. The van der Waals surface area contributed by atoms with Crippen LogP contribution in [0.4, 0.5) is 34.1 Å². The highest BCUT2D eigenvalue weighted by Crippen LogP contribution is 2.69. The van der Waals surface area contributed by atoms with E-state index >= 15 is 0 Å². The first-order chi connectivity index (χ1) is 47.7. The molecule has 6 atom stereocenters.